The highest BCUT2D eigenvalue weighted by Gasteiger charge is 2.21. The number of benzene rings is 2. The van der Waals surface area contributed by atoms with E-state index >= 15 is 0 Å². The maximum absolute atomic E-state index is 12.6. The molecule has 0 aromatic heterocycles. The zero-order valence-corrected chi connectivity index (χ0v) is 20.8. The zero-order chi connectivity index (χ0) is 25.2. The summed E-state index contributed by atoms with van der Waals surface area (Å²) < 4.78 is 27.8. The van der Waals surface area contributed by atoms with E-state index in [1.165, 1.54) is 0 Å². The average molecular weight is 487 g/mol. The predicted octanol–water partition coefficient (Wildman–Crippen LogP) is 3.50. The molecule has 1 N–H and O–H groups in total. The van der Waals surface area contributed by atoms with Crippen LogP contribution in [0.2, 0.25) is 0 Å². The first-order valence-electron chi connectivity index (χ1n) is 11.8. The molecule has 0 atom stereocenters. The highest BCUT2D eigenvalue weighted by atomic mass is 16.6. The van der Waals surface area contributed by atoms with Gasteiger partial charge in [-0.25, -0.2) is 4.79 Å². The molecule has 1 aliphatic rings. The van der Waals surface area contributed by atoms with Crippen molar-refractivity contribution in [1.29, 1.82) is 0 Å². The summed E-state index contributed by atoms with van der Waals surface area (Å²) in [6.07, 6.45) is 0. The zero-order valence-electron chi connectivity index (χ0n) is 20.8. The van der Waals surface area contributed by atoms with Gasteiger partial charge in [-0.05, 0) is 38.8 Å². The number of hydrogen-bond acceptors (Lipinski definition) is 8. The largest absolute Gasteiger partial charge is 0.492 e. The molecule has 0 radical (unpaired) electrons. The minimum Gasteiger partial charge on any atom is -0.492 e. The molecule has 0 bridgehead atoms. The number of nitrogens with zero attached hydrogens (tertiary/aromatic N) is 1. The third-order valence-electron chi connectivity index (χ3n) is 5.39. The van der Waals surface area contributed by atoms with Crippen LogP contribution in [0, 0.1) is 13.8 Å². The third-order valence-corrected chi connectivity index (χ3v) is 5.39. The summed E-state index contributed by atoms with van der Waals surface area (Å²) in [7, 11) is 0. The molecular weight excluding hydrogens is 452 g/mol. The molecule has 0 aliphatic carbocycles. The fourth-order valence-electron chi connectivity index (χ4n) is 3.78. The van der Waals surface area contributed by atoms with E-state index in [9.17, 15) is 9.59 Å². The molecule has 1 aliphatic heterocycles. The Kier molecular flexibility index (Phi) is 9.60. The molecule has 0 saturated carbocycles. The molecule has 1 amide bonds. The monoisotopic (exact) mass is 486 g/mol. The van der Waals surface area contributed by atoms with E-state index in [1.54, 1.807) is 6.07 Å². The number of para-hydroxylation sites is 1. The lowest BCUT2D eigenvalue weighted by atomic mass is 10.1. The quantitative estimate of drug-likeness (QED) is 0.482. The Bertz CT molecular complexity index is 999. The van der Waals surface area contributed by atoms with E-state index in [4.69, 9.17) is 23.7 Å². The number of esters is 1. The molecule has 1 heterocycles. The molecule has 2 aromatic rings. The topological polar surface area (TPSA) is 95.6 Å². The number of rotatable bonds is 11. The summed E-state index contributed by atoms with van der Waals surface area (Å²) >= 11 is 0. The molecule has 9 heteroatoms. The predicted molar refractivity (Wildman–Crippen MR) is 133 cm³/mol. The fourth-order valence-corrected chi connectivity index (χ4v) is 3.78. The van der Waals surface area contributed by atoms with Gasteiger partial charge in [0.05, 0.1) is 37.8 Å². The Morgan fingerprint density at radius 3 is 2.26 bits per heavy atom. The van der Waals surface area contributed by atoms with Gasteiger partial charge >= 0.3 is 5.97 Å². The number of nitrogens with one attached hydrogen (secondary N) is 1. The summed E-state index contributed by atoms with van der Waals surface area (Å²) in [5, 5.41) is 2.77. The Morgan fingerprint density at radius 2 is 1.60 bits per heavy atom. The Balaban J connectivity index is 1.63. The second kappa shape index (κ2) is 12.9. The SMILES string of the molecule is CCOc1cc(N2CCOCC2)c(OCC)cc1NC(=O)COC(=O)COc1c(C)cccc1C. The highest BCUT2D eigenvalue weighted by molar-refractivity contribution is 5.95. The van der Waals surface area contributed by atoms with Gasteiger partial charge in [-0.2, -0.15) is 0 Å². The Hall–Kier alpha value is -3.46. The highest BCUT2D eigenvalue weighted by Crippen LogP contribution is 2.39. The minimum atomic E-state index is -0.634. The number of morpholine rings is 1. The van der Waals surface area contributed by atoms with Crippen molar-refractivity contribution in [2.24, 2.45) is 0 Å². The van der Waals surface area contributed by atoms with Crippen LogP contribution < -0.4 is 24.4 Å². The van der Waals surface area contributed by atoms with Gasteiger partial charge in [0.25, 0.3) is 5.91 Å². The van der Waals surface area contributed by atoms with Gasteiger partial charge in [-0.3, -0.25) is 4.79 Å². The van der Waals surface area contributed by atoms with Crippen LogP contribution in [-0.2, 0) is 19.1 Å². The third kappa shape index (κ3) is 7.26. The van der Waals surface area contributed by atoms with Crippen LogP contribution in [-0.4, -0.2) is 64.6 Å². The first-order valence-corrected chi connectivity index (χ1v) is 11.8. The van der Waals surface area contributed by atoms with Crippen molar-refractivity contribution >= 4 is 23.3 Å². The van der Waals surface area contributed by atoms with Crippen molar-refractivity contribution in [2.45, 2.75) is 27.7 Å². The van der Waals surface area contributed by atoms with Crippen LogP contribution in [0.4, 0.5) is 11.4 Å². The first-order chi connectivity index (χ1) is 16.9. The summed E-state index contributed by atoms with van der Waals surface area (Å²) in [5.74, 6) is 0.653. The summed E-state index contributed by atoms with van der Waals surface area (Å²) in [6.45, 7) is 10.5. The van der Waals surface area contributed by atoms with Crippen LogP contribution in [0.25, 0.3) is 0 Å². The average Bonchev–Trinajstić information content (AvgIpc) is 2.84. The van der Waals surface area contributed by atoms with Gasteiger partial charge in [0, 0.05) is 25.2 Å². The van der Waals surface area contributed by atoms with E-state index in [0.29, 0.717) is 49.4 Å². The number of amides is 1. The minimum absolute atomic E-state index is 0.286. The van der Waals surface area contributed by atoms with Crippen molar-refractivity contribution in [3.05, 3.63) is 41.5 Å². The molecule has 2 aromatic carbocycles. The fraction of sp³-hybridized carbons (Fsp3) is 0.462. The lowest BCUT2D eigenvalue weighted by Crippen LogP contribution is -2.36. The lowest BCUT2D eigenvalue weighted by Gasteiger charge is -2.31. The number of aryl methyl sites for hydroxylation is 2. The summed E-state index contributed by atoms with van der Waals surface area (Å²) in [4.78, 5) is 26.9. The lowest BCUT2D eigenvalue weighted by molar-refractivity contribution is -0.149. The number of anilines is 2. The van der Waals surface area contributed by atoms with E-state index in [1.807, 2.05) is 52.0 Å². The maximum Gasteiger partial charge on any atom is 0.344 e. The van der Waals surface area contributed by atoms with Crippen molar-refractivity contribution in [2.75, 3.05) is 62.9 Å². The van der Waals surface area contributed by atoms with E-state index in [2.05, 4.69) is 10.2 Å². The van der Waals surface area contributed by atoms with Crippen LogP contribution in [0.5, 0.6) is 17.2 Å². The first kappa shape index (κ1) is 26.2. The van der Waals surface area contributed by atoms with Gasteiger partial charge < -0.3 is 33.9 Å². The Labute approximate surface area is 206 Å². The van der Waals surface area contributed by atoms with Crippen LogP contribution in [0.3, 0.4) is 0 Å². The van der Waals surface area contributed by atoms with Crippen molar-refractivity contribution in [3.8, 4) is 17.2 Å². The molecule has 3 rings (SSSR count). The molecule has 35 heavy (non-hydrogen) atoms. The molecule has 190 valence electrons. The van der Waals surface area contributed by atoms with Gasteiger partial charge in [0.15, 0.2) is 13.2 Å². The molecule has 0 spiro atoms. The molecule has 1 fully saturated rings. The molecular formula is C26H34N2O7. The smallest absolute Gasteiger partial charge is 0.344 e. The van der Waals surface area contributed by atoms with Gasteiger partial charge in [0.1, 0.15) is 17.2 Å². The second-order valence-corrected chi connectivity index (χ2v) is 8.00. The standard InChI is InChI=1S/C26H34N2O7/c1-5-32-22-15-21(28-10-12-31-13-11-28)23(33-6-2)14-20(22)27-24(29)16-34-25(30)17-35-26-18(3)8-7-9-19(26)4/h7-9,14-15H,5-6,10-13,16-17H2,1-4H3,(H,27,29). The van der Waals surface area contributed by atoms with Gasteiger partial charge in [0.2, 0.25) is 0 Å². The molecule has 9 nitrogen and oxygen atoms in total. The number of ether oxygens (including phenoxy) is 5. The number of carbonyl (C=O) groups excluding carboxylic acids is 2. The van der Waals surface area contributed by atoms with Crippen LogP contribution in [0.15, 0.2) is 30.3 Å². The van der Waals surface area contributed by atoms with E-state index in [0.717, 1.165) is 29.9 Å². The number of carbonyl (C=O) groups is 2. The van der Waals surface area contributed by atoms with Gasteiger partial charge in [-0.1, -0.05) is 18.2 Å². The van der Waals surface area contributed by atoms with E-state index in [-0.39, 0.29) is 6.61 Å². The van der Waals surface area contributed by atoms with Crippen LogP contribution >= 0.6 is 0 Å². The van der Waals surface area contributed by atoms with Crippen molar-refractivity contribution in [1.82, 2.24) is 0 Å². The number of hydrogen-bond donors (Lipinski definition) is 1. The Morgan fingerprint density at radius 1 is 0.943 bits per heavy atom. The molecule has 1 saturated heterocycles. The van der Waals surface area contributed by atoms with Crippen LogP contribution in [0.1, 0.15) is 25.0 Å². The summed E-state index contributed by atoms with van der Waals surface area (Å²) in [5.41, 5.74) is 3.17. The maximum atomic E-state index is 12.6. The summed E-state index contributed by atoms with van der Waals surface area (Å²) in [6, 6.07) is 9.32. The van der Waals surface area contributed by atoms with Gasteiger partial charge in [-0.15, -0.1) is 0 Å². The molecule has 0 unspecified atom stereocenters. The van der Waals surface area contributed by atoms with Crippen molar-refractivity contribution in [3.63, 3.8) is 0 Å². The van der Waals surface area contributed by atoms with E-state index < -0.39 is 18.5 Å². The normalized spacial score (nSPS) is 13.2. The van der Waals surface area contributed by atoms with Crippen molar-refractivity contribution < 1.29 is 33.3 Å². The second-order valence-electron chi connectivity index (χ2n) is 8.00.